The maximum absolute atomic E-state index is 12.4. The van der Waals surface area contributed by atoms with Crippen LogP contribution >= 0.6 is 0 Å². The largest absolute Gasteiger partial charge is 0.342 e. The molecule has 8 heteroatoms. The lowest BCUT2D eigenvalue weighted by Crippen LogP contribution is -2.42. The van der Waals surface area contributed by atoms with Gasteiger partial charge in [-0.25, -0.2) is 13.6 Å². The molecule has 2 unspecified atom stereocenters. The number of piperidine rings is 1. The molecule has 0 bridgehead atoms. The monoisotopic (exact) mass is 365 g/mol. The molecular weight excluding hydrogens is 342 g/mol. The third-order valence-corrected chi connectivity index (χ3v) is 5.98. The first kappa shape index (κ1) is 17.9. The van der Waals surface area contributed by atoms with E-state index in [9.17, 15) is 18.0 Å². The molecule has 0 radical (unpaired) electrons. The molecule has 3 rings (SSSR count). The number of hydrogen-bond donors (Lipinski definition) is 2. The SMILES string of the molecule is CC1CC1C(=O)N1CCC(C(=O)Nc2ccc(S(N)(=O)=O)cc2)CC1. The molecule has 0 spiro atoms. The number of amides is 2. The number of hydrogen-bond acceptors (Lipinski definition) is 4. The van der Waals surface area contributed by atoms with Crippen LogP contribution in [-0.2, 0) is 19.6 Å². The van der Waals surface area contributed by atoms with E-state index in [1.165, 1.54) is 24.3 Å². The summed E-state index contributed by atoms with van der Waals surface area (Å²) in [5, 5.41) is 7.85. The van der Waals surface area contributed by atoms with Crippen molar-refractivity contribution in [3.8, 4) is 0 Å². The Labute approximate surface area is 147 Å². The molecule has 3 N–H and O–H groups in total. The van der Waals surface area contributed by atoms with Gasteiger partial charge in [-0.1, -0.05) is 6.92 Å². The molecule has 1 saturated carbocycles. The number of nitrogens with two attached hydrogens (primary N) is 1. The second-order valence-electron chi connectivity index (χ2n) is 6.98. The Balaban J connectivity index is 1.52. The fraction of sp³-hybridized carbons (Fsp3) is 0.529. The Kier molecular flexibility index (Phi) is 4.83. The molecule has 1 heterocycles. The van der Waals surface area contributed by atoms with E-state index in [2.05, 4.69) is 12.2 Å². The van der Waals surface area contributed by atoms with Crippen molar-refractivity contribution in [2.24, 2.45) is 22.9 Å². The standard InChI is InChI=1S/C17H23N3O4S/c1-11-10-15(11)17(22)20-8-6-12(7-9-20)16(21)19-13-2-4-14(5-3-13)25(18,23)24/h2-5,11-12,15H,6-10H2,1H3,(H,19,21)(H2,18,23,24). The molecule has 2 atom stereocenters. The van der Waals surface area contributed by atoms with E-state index in [-0.39, 0.29) is 28.5 Å². The predicted molar refractivity (Wildman–Crippen MR) is 93.0 cm³/mol. The van der Waals surface area contributed by atoms with Gasteiger partial charge in [-0.15, -0.1) is 0 Å². The Bertz CT molecular complexity index is 768. The van der Waals surface area contributed by atoms with Gasteiger partial charge in [0.15, 0.2) is 0 Å². The molecule has 2 fully saturated rings. The highest BCUT2D eigenvalue weighted by Gasteiger charge is 2.42. The normalized spacial score (nSPS) is 24.0. The van der Waals surface area contributed by atoms with Crippen LogP contribution < -0.4 is 10.5 Å². The van der Waals surface area contributed by atoms with E-state index < -0.39 is 10.0 Å². The zero-order valence-corrected chi connectivity index (χ0v) is 15.0. The van der Waals surface area contributed by atoms with E-state index in [4.69, 9.17) is 5.14 Å². The highest BCUT2D eigenvalue weighted by molar-refractivity contribution is 7.89. The summed E-state index contributed by atoms with van der Waals surface area (Å²) in [6, 6.07) is 5.77. The van der Waals surface area contributed by atoms with Gasteiger partial charge in [0.05, 0.1) is 4.90 Å². The molecule has 2 aliphatic rings. The zero-order chi connectivity index (χ0) is 18.2. The number of likely N-dealkylation sites (tertiary alicyclic amines) is 1. The van der Waals surface area contributed by atoms with Crippen molar-refractivity contribution in [2.45, 2.75) is 31.1 Å². The first-order valence-corrected chi connectivity index (χ1v) is 10.0. The third kappa shape index (κ3) is 4.19. The minimum absolute atomic E-state index is 0.00613. The quantitative estimate of drug-likeness (QED) is 0.834. The van der Waals surface area contributed by atoms with E-state index in [0.29, 0.717) is 37.5 Å². The van der Waals surface area contributed by atoms with Crippen molar-refractivity contribution in [3.63, 3.8) is 0 Å². The summed E-state index contributed by atoms with van der Waals surface area (Å²) in [6.45, 7) is 3.32. The maximum atomic E-state index is 12.4. The van der Waals surface area contributed by atoms with Crippen LogP contribution in [0.1, 0.15) is 26.2 Å². The summed E-state index contributed by atoms with van der Waals surface area (Å²) in [6.07, 6.45) is 2.27. The molecule has 1 aliphatic heterocycles. The summed E-state index contributed by atoms with van der Waals surface area (Å²) in [5.74, 6) is 0.662. The zero-order valence-electron chi connectivity index (χ0n) is 14.1. The number of primary sulfonamides is 1. The van der Waals surface area contributed by atoms with Crippen molar-refractivity contribution in [2.75, 3.05) is 18.4 Å². The van der Waals surface area contributed by atoms with Crippen LogP contribution in [0.3, 0.4) is 0 Å². The summed E-state index contributed by atoms with van der Waals surface area (Å²) in [4.78, 5) is 26.5. The molecule has 1 aromatic carbocycles. The molecule has 1 saturated heterocycles. The van der Waals surface area contributed by atoms with Crippen LogP contribution in [0.4, 0.5) is 5.69 Å². The number of sulfonamides is 1. The summed E-state index contributed by atoms with van der Waals surface area (Å²) >= 11 is 0. The number of nitrogens with zero attached hydrogens (tertiary/aromatic N) is 1. The molecule has 25 heavy (non-hydrogen) atoms. The van der Waals surface area contributed by atoms with Crippen LogP contribution in [0.2, 0.25) is 0 Å². The van der Waals surface area contributed by atoms with Crippen molar-refractivity contribution < 1.29 is 18.0 Å². The number of benzene rings is 1. The van der Waals surface area contributed by atoms with E-state index in [1.807, 2.05) is 4.90 Å². The van der Waals surface area contributed by atoms with Gasteiger partial charge in [0.25, 0.3) is 0 Å². The maximum Gasteiger partial charge on any atom is 0.238 e. The Morgan fingerprint density at radius 1 is 1.16 bits per heavy atom. The summed E-state index contributed by atoms with van der Waals surface area (Å²) in [7, 11) is -3.74. The van der Waals surface area contributed by atoms with Crippen molar-refractivity contribution in [3.05, 3.63) is 24.3 Å². The number of anilines is 1. The van der Waals surface area contributed by atoms with E-state index in [0.717, 1.165) is 6.42 Å². The molecule has 0 aromatic heterocycles. The molecule has 1 aromatic rings. The Morgan fingerprint density at radius 2 is 1.72 bits per heavy atom. The number of rotatable bonds is 4. The van der Waals surface area contributed by atoms with Crippen LogP contribution in [0.15, 0.2) is 29.2 Å². The summed E-state index contributed by atoms with van der Waals surface area (Å²) in [5.41, 5.74) is 0.530. The molecular formula is C17H23N3O4S. The van der Waals surface area contributed by atoms with Gasteiger partial charge in [-0.3, -0.25) is 9.59 Å². The molecule has 1 aliphatic carbocycles. The number of carbonyl (C=O) groups is 2. The lowest BCUT2D eigenvalue weighted by atomic mass is 9.95. The number of carbonyl (C=O) groups excluding carboxylic acids is 2. The average Bonchev–Trinajstić information content (AvgIpc) is 3.31. The second kappa shape index (κ2) is 6.76. The van der Waals surface area contributed by atoms with Crippen molar-refractivity contribution in [1.29, 1.82) is 0 Å². The smallest absolute Gasteiger partial charge is 0.238 e. The van der Waals surface area contributed by atoms with Crippen LogP contribution in [0.5, 0.6) is 0 Å². The average molecular weight is 365 g/mol. The predicted octanol–water partition coefficient (Wildman–Crippen LogP) is 1.17. The van der Waals surface area contributed by atoms with Gasteiger partial charge in [-0.05, 0) is 49.4 Å². The molecule has 136 valence electrons. The topological polar surface area (TPSA) is 110 Å². The van der Waals surface area contributed by atoms with E-state index in [1.54, 1.807) is 0 Å². The molecule has 7 nitrogen and oxygen atoms in total. The minimum atomic E-state index is -3.74. The van der Waals surface area contributed by atoms with Gasteiger partial charge in [0.1, 0.15) is 0 Å². The fourth-order valence-electron chi connectivity index (χ4n) is 3.24. The Hall–Kier alpha value is -1.93. The lowest BCUT2D eigenvalue weighted by Gasteiger charge is -2.31. The molecule has 2 amide bonds. The highest BCUT2D eigenvalue weighted by Crippen LogP contribution is 2.39. The second-order valence-corrected chi connectivity index (χ2v) is 8.54. The fourth-order valence-corrected chi connectivity index (χ4v) is 3.75. The van der Waals surface area contributed by atoms with Gasteiger partial charge in [-0.2, -0.15) is 0 Å². The van der Waals surface area contributed by atoms with Gasteiger partial charge in [0.2, 0.25) is 21.8 Å². The van der Waals surface area contributed by atoms with Crippen molar-refractivity contribution in [1.82, 2.24) is 4.90 Å². The van der Waals surface area contributed by atoms with Gasteiger partial charge in [0, 0.05) is 30.6 Å². The number of nitrogens with one attached hydrogen (secondary N) is 1. The van der Waals surface area contributed by atoms with Crippen LogP contribution in [0.25, 0.3) is 0 Å². The summed E-state index contributed by atoms with van der Waals surface area (Å²) < 4.78 is 22.5. The van der Waals surface area contributed by atoms with Gasteiger partial charge < -0.3 is 10.2 Å². The highest BCUT2D eigenvalue weighted by atomic mass is 32.2. The third-order valence-electron chi connectivity index (χ3n) is 5.05. The Morgan fingerprint density at radius 3 is 2.20 bits per heavy atom. The van der Waals surface area contributed by atoms with Crippen LogP contribution in [-0.4, -0.2) is 38.2 Å². The first-order valence-electron chi connectivity index (χ1n) is 8.48. The van der Waals surface area contributed by atoms with Crippen molar-refractivity contribution >= 4 is 27.5 Å². The lowest BCUT2D eigenvalue weighted by molar-refractivity contribution is -0.136. The first-order chi connectivity index (χ1) is 11.8. The van der Waals surface area contributed by atoms with Crippen LogP contribution in [0, 0.1) is 17.8 Å². The van der Waals surface area contributed by atoms with Gasteiger partial charge >= 0.3 is 0 Å². The minimum Gasteiger partial charge on any atom is -0.342 e. The van der Waals surface area contributed by atoms with E-state index >= 15 is 0 Å².